The number of hydrogen-bond acceptors (Lipinski definition) is 3. The molecule has 1 aliphatic rings. The third kappa shape index (κ3) is 4.29. The Hall–Kier alpha value is -2.01. The van der Waals surface area contributed by atoms with Gasteiger partial charge < -0.3 is 19.9 Å². The van der Waals surface area contributed by atoms with Crippen LogP contribution in [0.1, 0.15) is 18.4 Å². The van der Waals surface area contributed by atoms with Crippen LogP contribution in [0.3, 0.4) is 0 Å². The van der Waals surface area contributed by atoms with Crippen LogP contribution in [0.4, 0.5) is 5.69 Å². The monoisotopic (exact) mass is 383 g/mol. The van der Waals surface area contributed by atoms with Crippen LogP contribution < -0.4 is 5.32 Å². The highest BCUT2D eigenvalue weighted by atomic mass is 35.5. The van der Waals surface area contributed by atoms with Gasteiger partial charge in [0.15, 0.2) is 0 Å². The van der Waals surface area contributed by atoms with Gasteiger partial charge in [0.05, 0.1) is 11.2 Å². The molecule has 2 N–H and O–H groups in total. The lowest BCUT2D eigenvalue weighted by Crippen LogP contribution is -2.27. The number of rotatable bonds is 5. The molecule has 3 aromatic rings. The number of benzene rings is 2. The maximum Gasteiger partial charge on any atom is 0.0695 e. The summed E-state index contributed by atoms with van der Waals surface area (Å²) in [6, 6.07) is 15.3. The molecule has 142 valence electrons. The van der Waals surface area contributed by atoms with E-state index >= 15 is 0 Å². The van der Waals surface area contributed by atoms with E-state index in [9.17, 15) is 0 Å². The van der Waals surface area contributed by atoms with Gasteiger partial charge in [-0.3, -0.25) is 0 Å². The number of halogens is 1. The van der Waals surface area contributed by atoms with Crippen LogP contribution in [0, 0.1) is 0 Å². The average Bonchev–Trinajstić information content (AvgIpc) is 3.06. The highest BCUT2D eigenvalue weighted by Gasteiger charge is 2.16. The number of nitrogens with one attached hydrogen (secondary N) is 2. The molecule has 1 aliphatic heterocycles. The summed E-state index contributed by atoms with van der Waals surface area (Å²) < 4.78 is 5.47. The van der Waals surface area contributed by atoms with E-state index in [1.807, 2.05) is 12.1 Å². The predicted molar refractivity (Wildman–Crippen MR) is 114 cm³/mol. The molecule has 0 atom stereocenters. The van der Waals surface area contributed by atoms with Gasteiger partial charge in [0.2, 0.25) is 0 Å². The number of aromatic amines is 1. The van der Waals surface area contributed by atoms with Crippen molar-refractivity contribution in [1.29, 1.82) is 0 Å². The van der Waals surface area contributed by atoms with Crippen molar-refractivity contribution in [1.82, 2.24) is 9.88 Å². The zero-order valence-electron chi connectivity index (χ0n) is 15.9. The van der Waals surface area contributed by atoms with Gasteiger partial charge >= 0.3 is 0 Å². The highest BCUT2D eigenvalue weighted by molar-refractivity contribution is 6.32. The molecule has 0 amide bonds. The Labute approximate surface area is 165 Å². The fraction of sp³-hybridized carbons (Fsp3) is 0.364. The summed E-state index contributed by atoms with van der Waals surface area (Å²) in [5.41, 5.74) is 5.79. The summed E-state index contributed by atoms with van der Waals surface area (Å²) in [6.07, 6.45) is 2.04. The Balaban J connectivity index is 1.68. The normalized spacial score (nSPS) is 15.6. The second-order valence-electron chi connectivity index (χ2n) is 7.57. The van der Waals surface area contributed by atoms with E-state index in [0.717, 1.165) is 59.9 Å². The lowest BCUT2D eigenvalue weighted by atomic mass is 10.1. The molecule has 2 heterocycles. The van der Waals surface area contributed by atoms with Crippen LogP contribution in [0.15, 0.2) is 42.5 Å². The first-order chi connectivity index (χ1) is 13.1. The van der Waals surface area contributed by atoms with Gasteiger partial charge in [0.1, 0.15) is 0 Å². The summed E-state index contributed by atoms with van der Waals surface area (Å²) in [4.78, 5) is 5.79. The summed E-state index contributed by atoms with van der Waals surface area (Å²) in [5, 5.41) is 5.55. The minimum atomic E-state index is 0.426. The molecule has 2 aromatic carbocycles. The van der Waals surface area contributed by atoms with Gasteiger partial charge in [-0.05, 0) is 62.3 Å². The summed E-state index contributed by atoms with van der Waals surface area (Å²) in [7, 11) is 4.18. The van der Waals surface area contributed by atoms with Gasteiger partial charge in [0, 0.05) is 41.9 Å². The van der Waals surface area contributed by atoms with Crippen molar-refractivity contribution in [3.8, 4) is 11.3 Å². The first kappa shape index (κ1) is 18.4. The Bertz CT molecular complexity index is 928. The quantitative estimate of drug-likeness (QED) is 0.640. The smallest absolute Gasteiger partial charge is 0.0695 e. The van der Waals surface area contributed by atoms with Crippen LogP contribution in [0.25, 0.3) is 22.2 Å². The van der Waals surface area contributed by atoms with Gasteiger partial charge in [-0.1, -0.05) is 29.8 Å². The Morgan fingerprint density at radius 3 is 2.74 bits per heavy atom. The summed E-state index contributed by atoms with van der Waals surface area (Å²) in [6.45, 7) is 2.56. The molecule has 5 heteroatoms. The molecule has 1 aromatic heterocycles. The van der Waals surface area contributed by atoms with Crippen LogP contribution in [-0.2, 0) is 11.3 Å². The third-order valence-corrected chi connectivity index (χ3v) is 5.23. The Kier molecular flexibility index (Phi) is 5.39. The lowest BCUT2D eigenvalue weighted by Gasteiger charge is -2.24. The van der Waals surface area contributed by atoms with Crippen LogP contribution in [-0.4, -0.2) is 43.2 Å². The van der Waals surface area contributed by atoms with E-state index < -0.39 is 0 Å². The molecule has 0 unspecified atom stereocenters. The molecule has 0 bridgehead atoms. The maximum absolute atomic E-state index is 6.40. The van der Waals surface area contributed by atoms with E-state index in [-0.39, 0.29) is 0 Å². The number of anilines is 1. The minimum Gasteiger partial charge on any atom is -0.381 e. The molecular formula is C22H26ClN3O. The number of hydrogen-bond donors (Lipinski definition) is 2. The number of H-pyrrole nitrogens is 1. The second kappa shape index (κ2) is 7.93. The third-order valence-electron chi connectivity index (χ3n) is 5.01. The Morgan fingerprint density at radius 1 is 1.15 bits per heavy atom. The van der Waals surface area contributed by atoms with Gasteiger partial charge in [-0.2, -0.15) is 0 Å². The van der Waals surface area contributed by atoms with Crippen LogP contribution >= 0.6 is 11.6 Å². The van der Waals surface area contributed by atoms with Crippen molar-refractivity contribution in [2.24, 2.45) is 0 Å². The van der Waals surface area contributed by atoms with E-state index in [0.29, 0.717) is 6.04 Å². The zero-order chi connectivity index (χ0) is 18.8. The molecule has 0 saturated carbocycles. The van der Waals surface area contributed by atoms with E-state index in [2.05, 4.69) is 59.6 Å². The number of ether oxygens (including phenoxy) is 1. The maximum atomic E-state index is 6.40. The molecule has 1 fully saturated rings. The van der Waals surface area contributed by atoms with E-state index in [4.69, 9.17) is 16.3 Å². The molecule has 4 nitrogen and oxygen atoms in total. The Morgan fingerprint density at radius 2 is 1.96 bits per heavy atom. The SMILES string of the molecule is CN(C)Cc1cccc(-c2cc3cc(Cl)cc(NC4CCOCC4)c3[nH]2)c1. The first-order valence-corrected chi connectivity index (χ1v) is 9.87. The standard InChI is InChI=1S/C22H26ClN3O/c1-26(2)14-15-4-3-5-16(10-15)20-12-17-11-18(23)13-21(22(17)25-20)24-19-6-8-27-9-7-19/h3-5,10-13,19,24-25H,6-9,14H2,1-2H3. The molecule has 27 heavy (non-hydrogen) atoms. The largest absolute Gasteiger partial charge is 0.381 e. The second-order valence-corrected chi connectivity index (χ2v) is 8.01. The van der Waals surface area contributed by atoms with E-state index in [1.54, 1.807) is 0 Å². The van der Waals surface area contributed by atoms with Crippen molar-refractivity contribution in [2.45, 2.75) is 25.4 Å². The predicted octanol–water partition coefficient (Wildman–Crippen LogP) is 5.14. The highest BCUT2D eigenvalue weighted by Crippen LogP contribution is 2.33. The molecule has 0 aliphatic carbocycles. The van der Waals surface area contributed by atoms with Crippen molar-refractivity contribution in [3.05, 3.63) is 53.1 Å². The fourth-order valence-electron chi connectivity index (χ4n) is 3.74. The molecule has 0 radical (unpaired) electrons. The minimum absolute atomic E-state index is 0.426. The van der Waals surface area contributed by atoms with Crippen molar-refractivity contribution in [2.75, 3.05) is 32.6 Å². The fourth-order valence-corrected chi connectivity index (χ4v) is 3.97. The lowest BCUT2D eigenvalue weighted by molar-refractivity contribution is 0.0905. The molecule has 4 rings (SSSR count). The number of fused-ring (bicyclic) bond motifs is 1. The molecule has 1 saturated heterocycles. The zero-order valence-corrected chi connectivity index (χ0v) is 16.6. The van der Waals surface area contributed by atoms with Crippen molar-refractivity contribution >= 4 is 28.2 Å². The number of nitrogens with zero attached hydrogens (tertiary/aromatic N) is 1. The average molecular weight is 384 g/mol. The van der Waals surface area contributed by atoms with E-state index in [1.165, 1.54) is 11.1 Å². The number of aromatic nitrogens is 1. The van der Waals surface area contributed by atoms with Crippen molar-refractivity contribution < 1.29 is 4.74 Å². The molecule has 0 spiro atoms. The van der Waals surface area contributed by atoms with Crippen LogP contribution in [0.5, 0.6) is 0 Å². The molecular weight excluding hydrogens is 358 g/mol. The van der Waals surface area contributed by atoms with Crippen molar-refractivity contribution in [3.63, 3.8) is 0 Å². The first-order valence-electron chi connectivity index (χ1n) is 9.49. The van der Waals surface area contributed by atoms with Crippen LogP contribution in [0.2, 0.25) is 5.02 Å². The topological polar surface area (TPSA) is 40.3 Å². The van der Waals surface area contributed by atoms with Gasteiger partial charge in [-0.25, -0.2) is 0 Å². The summed E-state index contributed by atoms with van der Waals surface area (Å²) in [5.74, 6) is 0. The van der Waals surface area contributed by atoms with Gasteiger partial charge in [0.25, 0.3) is 0 Å². The van der Waals surface area contributed by atoms with Gasteiger partial charge in [-0.15, -0.1) is 0 Å². The summed E-state index contributed by atoms with van der Waals surface area (Å²) >= 11 is 6.40.